The van der Waals surface area contributed by atoms with Crippen LogP contribution in [0.25, 0.3) is 0 Å². The van der Waals surface area contributed by atoms with E-state index in [0.29, 0.717) is 17.9 Å². The van der Waals surface area contributed by atoms with Crippen LogP contribution in [0.3, 0.4) is 0 Å². The van der Waals surface area contributed by atoms with Crippen molar-refractivity contribution in [3.8, 4) is 5.75 Å². The van der Waals surface area contributed by atoms with E-state index in [1.165, 1.54) is 0 Å². The number of carbonyl (C=O) groups excluding carboxylic acids is 1. The van der Waals surface area contributed by atoms with Crippen molar-refractivity contribution < 1.29 is 14.4 Å². The Balaban J connectivity index is 2.58. The van der Waals surface area contributed by atoms with Crippen molar-refractivity contribution >= 4 is 5.91 Å². The fourth-order valence-corrected chi connectivity index (χ4v) is 1.15. The van der Waals surface area contributed by atoms with Crippen LogP contribution in [0.1, 0.15) is 17.3 Å². The maximum atomic E-state index is 11.7. The van der Waals surface area contributed by atoms with E-state index in [0.717, 1.165) is 0 Å². The van der Waals surface area contributed by atoms with Gasteiger partial charge in [-0.05, 0) is 25.1 Å². The second kappa shape index (κ2) is 6.09. The quantitative estimate of drug-likeness (QED) is 0.722. The first-order valence-electron chi connectivity index (χ1n) is 4.95. The van der Waals surface area contributed by atoms with Gasteiger partial charge in [-0.2, -0.15) is 0 Å². The Morgan fingerprint density at radius 3 is 2.94 bits per heavy atom. The van der Waals surface area contributed by atoms with Crippen LogP contribution in [0, 0.1) is 0 Å². The van der Waals surface area contributed by atoms with Gasteiger partial charge in [0.15, 0.2) is 0 Å². The molecule has 0 aliphatic rings. The van der Waals surface area contributed by atoms with Crippen molar-refractivity contribution in [1.82, 2.24) is 5.32 Å². The SMILES string of the molecule is COc1cccc(C(=O)NCC(C)ON)c1. The zero-order valence-corrected chi connectivity index (χ0v) is 9.40. The van der Waals surface area contributed by atoms with Crippen LogP contribution < -0.4 is 16.0 Å². The smallest absolute Gasteiger partial charge is 0.251 e. The molecule has 1 unspecified atom stereocenters. The molecule has 0 aliphatic heterocycles. The Bertz CT molecular complexity index is 355. The largest absolute Gasteiger partial charge is 0.497 e. The van der Waals surface area contributed by atoms with Crippen LogP contribution in [-0.4, -0.2) is 25.7 Å². The lowest BCUT2D eigenvalue weighted by atomic mass is 10.2. The molecule has 5 heteroatoms. The fourth-order valence-electron chi connectivity index (χ4n) is 1.15. The summed E-state index contributed by atoms with van der Waals surface area (Å²) in [5, 5.41) is 2.70. The number of nitrogens with two attached hydrogens (primary N) is 1. The number of benzene rings is 1. The van der Waals surface area contributed by atoms with Crippen LogP contribution in [-0.2, 0) is 4.84 Å². The Hall–Kier alpha value is -1.59. The molecular formula is C11H16N2O3. The number of hydrogen-bond donors (Lipinski definition) is 2. The van der Waals surface area contributed by atoms with E-state index in [2.05, 4.69) is 10.2 Å². The molecule has 0 fully saturated rings. The van der Waals surface area contributed by atoms with Gasteiger partial charge in [0.1, 0.15) is 5.75 Å². The topological polar surface area (TPSA) is 73.6 Å². The molecule has 0 saturated carbocycles. The van der Waals surface area contributed by atoms with Crippen LogP contribution in [0.4, 0.5) is 0 Å². The van der Waals surface area contributed by atoms with Gasteiger partial charge in [0, 0.05) is 12.1 Å². The molecule has 5 nitrogen and oxygen atoms in total. The van der Waals surface area contributed by atoms with Gasteiger partial charge in [-0.25, -0.2) is 5.90 Å². The first-order chi connectivity index (χ1) is 7.67. The molecule has 0 aromatic heterocycles. The van der Waals surface area contributed by atoms with Crippen molar-refractivity contribution in [2.45, 2.75) is 13.0 Å². The third-order valence-corrected chi connectivity index (χ3v) is 2.11. The summed E-state index contributed by atoms with van der Waals surface area (Å²) < 4.78 is 5.03. The lowest BCUT2D eigenvalue weighted by Gasteiger charge is -2.10. The van der Waals surface area contributed by atoms with Gasteiger partial charge in [0.05, 0.1) is 13.2 Å². The molecular weight excluding hydrogens is 208 g/mol. The summed E-state index contributed by atoms with van der Waals surface area (Å²) in [5.74, 6) is 5.44. The Kier molecular flexibility index (Phi) is 4.75. The highest BCUT2D eigenvalue weighted by Crippen LogP contribution is 2.12. The van der Waals surface area contributed by atoms with Gasteiger partial charge in [-0.1, -0.05) is 6.07 Å². The number of amides is 1. The van der Waals surface area contributed by atoms with E-state index in [4.69, 9.17) is 10.6 Å². The number of hydrogen-bond acceptors (Lipinski definition) is 4. The van der Waals surface area contributed by atoms with Crippen molar-refractivity contribution in [3.05, 3.63) is 29.8 Å². The van der Waals surface area contributed by atoms with Crippen molar-refractivity contribution in [2.75, 3.05) is 13.7 Å². The lowest BCUT2D eigenvalue weighted by molar-refractivity contribution is 0.0622. The van der Waals surface area contributed by atoms with Crippen LogP contribution >= 0.6 is 0 Å². The lowest BCUT2D eigenvalue weighted by Crippen LogP contribution is -2.33. The van der Waals surface area contributed by atoms with E-state index >= 15 is 0 Å². The zero-order valence-electron chi connectivity index (χ0n) is 9.40. The summed E-state index contributed by atoms with van der Waals surface area (Å²) in [6, 6.07) is 6.92. The highest BCUT2D eigenvalue weighted by molar-refractivity contribution is 5.94. The molecule has 0 spiro atoms. The van der Waals surface area contributed by atoms with Gasteiger partial charge in [0.25, 0.3) is 5.91 Å². The maximum absolute atomic E-state index is 11.7. The molecule has 1 amide bonds. The van der Waals surface area contributed by atoms with Gasteiger partial charge in [0.2, 0.25) is 0 Å². The second-order valence-electron chi connectivity index (χ2n) is 3.39. The minimum absolute atomic E-state index is 0.178. The maximum Gasteiger partial charge on any atom is 0.251 e. The molecule has 0 radical (unpaired) electrons. The molecule has 0 aliphatic carbocycles. The molecule has 0 saturated heterocycles. The zero-order chi connectivity index (χ0) is 12.0. The minimum atomic E-state index is -0.213. The molecule has 3 N–H and O–H groups in total. The summed E-state index contributed by atoms with van der Waals surface area (Å²) in [6.45, 7) is 2.14. The average Bonchev–Trinajstić information content (AvgIpc) is 2.35. The number of nitrogens with one attached hydrogen (secondary N) is 1. The Labute approximate surface area is 94.5 Å². The van der Waals surface area contributed by atoms with E-state index in [-0.39, 0.29) is 12.0 Å². The standard InChI is InChI=1S/C11H16N2O3/c1-8(16-12)7-13-11(14)9-4-3-5-10(6-9)15-2/h3-6,8H,7,12H2,1-2H3,(H,13,14). The molecule has 1 atom stereocenters. The summed E-state index contributed by atoms with van der Waals surface area (Å²) in [4.78, 5) is 16.2. The third-order valence-electron chi connectivity index (χ3n) is 2.11. The summed E-state index contributed by atoms with van der Waals surface area (Å²) in [5.41, 5.74) is 0.545. The van der Waals surface area contributed by atoms with Crippen molar-refractivity contribution in [3.63, 3.8) is 0 Å². The minimum Gasteiger partial charge on any atom is -0.497 e. The summed E-state index contributed by atoms with van der Waals surface area (Å²) in [7, 11) is 1.56. The first kappa shape index (κ1) is 12.5. The predicted octanol–water partition coefficient (Wildman–Crippen LogP) is 0.704. The van der Waals surface area contributed by atoms with Crippen molar-refractivity contribution in [2.24, 2.45) is 5.90 Å². The highest BCUT2D eigenvalue weighted by atomic mass is 16.6. The molecule has 1 aromatic carbocycles. The normalized spacial score (nSPS) is 11.9. The third kappa shape index (κ3) is 3.52. The number of methoxy groups -OCH3 is 1. The van der Waals surface area contributed by atoms with Crippen LogP contribution in [0.2, 0.25) is 0 Å². The molecule has 88 valence electrons. The predicted molar refractivity (Wildman–Crippen MR) is 60.1 cm³/mol. The van der Waals surface area contributed by atoms with Crippen molar-refractivity contribution in [1.29, 1.82) is 0 Å². The molecule has 16 heavy (non-hydrogen) atoms. The van der Waals surface area contributed by atoms with Gasteiger partial charge < -0.3 is 10.1 Å². The number of carbonyl (C=O) groups is 1. The molecule has 0 heterocycles. The number of rotatable bonds is 5. The fraction of sp³-hybridized carbons (Fsp3) is 0.364. The first-order valence-corrected chi connectivity index (χ1v) is 4.95. The van der Waals surface area contributed by atoms with Gasteiger partial charge in [-0.15, -0.1) is 0 Å². The Morgan fingerprint density at radius 2 is 2.31 bits per heavy atom. The molecule has 1 aromatic rings. The highest BCUT2D eigenvalue weighted by Gasteiger charge is 2.08. The Morgan fingerprint density at radius 1 is 1.56 bits per heavy atom. The summed E-state index contributed by atoms with van der Waals surface area (Å²) in [6.07, 6.45) is -0.213. The average molecular weight is 224 g/mol. The number of ether oxygens (including phenoxy) is 1. The second-order valence-corrected chi connectivity index (χ2v) is 3.39. The van der Waals surface area contributed by atoms with E-state index in [1.807, 2.05) is 0 Å². The van der Waals surface area contributed by atoms with E-state index in [1.54, 1.807) is 38.3 Å². The van der Waals surface area contributed by atoms with Crippen LogP contribution in [0.5, 0.6) is 5.75 Å². The molecule has 1 rings (SSSR count). The molecule has 0 bridgehead atoms. The van der Waals surface area contributed by atoms with E-state index in [9.17, 15) is 4.79 Å². The van der Waals surface area contributed by atoms with Crippen LogP contribution in [0.15, 0.2) is 24.3 Å². The monoisotopic (exact) mass is 224 g/mol. The van der Waals surface area contributed by atoms with Gasteiger partial charge in [-0.3, -0.25) is 9.63 Å². The van der Waals surface area contributed by atoms with Gasteiger partial charge >= 0.3 is 0 Å². The van der Waals surface area contributed by atoms with E-state index < -0.39 is 0 Å². The summed E-state index contributed by atoms with van der Waals surface area (Å²) >= 11 is 0.